The fourth-order valence-electron chi connectivity index (χ4n) is 7.94. The van der Waals surface area contributed by atoms with Crippen molar-refractivity contribution in [1.29, 1.82) is 0 Å². The summed E-state index contributed by atoms with van der Waals surface area (Å²) in [6.45, 7) is 12.0. The number of rotatable bonds is 10. The molecule has 0 bridgehead atoms. The molecule has 12 rings (SSSR count). The summed E-state index contributed by atoms with van der Waals surface area (Å²) in [5, 5.41) is 22.0. The lowest BCUT2D eigenvalue weighted by Gasteiger charge is -2.07. The zero-order valence-electron chi connectivity index (χ0n) is 47.7. The predicted octanol–water partition coefficient (Wildman–Crippen LogP) is 10.8. The van der Waals surface area contributed by atoms with E-state index >= 15 is 0 Å². The molecule has 23 heteroatoms. The van der Waals surface area contributed by atoms with E-state index in [1.165, 1.54) is 71.2 Å². The van der Waals surface area contributed by atoms with Crippen molar-refractivity contribution in [2.24, 2.45) is 0 Å². The minimum Gasteiger partial charge on any atom is -0.351 e. The van der Waals surface area contributed by atoms with Crippen molar-refractivity contribution in [2.45, 2.75) is 41.5 Å². The minimum atomic E-state index is -0.572. The van der Waals surface area contributed by atoms with Crippen molar-refractivity contribution < 1.29 is 19.2 Å². The maximum absolute atomic E-state index is 12.6. The fraction of sp³-hybridized carbons (Fsp3) is 0.127. The molecule has 6 aromatic carbocycles. The average Bonchev–Trinajstić information content (AvgIpc) is 3.93. The molecule has 0 spiro atoms. The van der Waals surface area contributed by atoms with E-state index in [1.54, 1.807) is 32.7 Å². The fourth-order valence-corrected chi connectivity index (χ4v) is 10.8. The third-order valence-corrected chi connectivity index (χ3v) is 15.3. The summed E-state index contributed by atoms with van der Waals surface area (Å²) >= 11 is 4.09. The van der Waals surface area contributed by atoms with Crippen molar-refractivity contribution in [3.05, 3.63) is 245 Å². The molecule has 0 fully saturated rings. The number of aryl methyl sites for hydroxylation is 6. The molecule has 12 aromatic rings. The molecule has 0 saturated carbocycles. The van der Waals surface area contributed by atoms with E-state index in [1.807, 2.05) is 169 Å². The van der Waals surface area contributed by atoms with E-state index in [2.05, 4.69) is 46.2 Å². The molecule has 432 valence electrons. The Morgan fingerprint density at radius 1 is 0.395 bits per heavy atom. The van der Waals surface area contributed by atoms with Gasteiger partial charge in [0.05, 0.1) is 47.7 Å². The van der Waals surface area contributed by atoms with Crippen LogP contribution >= 0.6 is 34.0 Å². The standard InChI is InChI=1S/3C20H16N4O2S.C3H7NO/c3*1-12-3-6-14(7-4-12)24-10-9-16(25)18(23-24)19(26)22-20-21-15-8-5-13(2)11-17(15)27-20;1-4(2)3-5/h3*3-11H,1-2H3,(H,21,22,26);3H,1-2H3. The first-order chi connectivity index (χ1) is 41.2. The molecule has 6 aromatic heterocycles. The lowest BCUT2D eigenvalue weighted by atomic mass is 10.2. The Kier molecular flexibility index (Phi) is 18.8. The number of carbonyl (C=O) groups is 4. The third-order valence-electron chi connectivity index (χ3n) is 12.5. The van der Waals surface area contributed by atoms with E-state index in [0.717, 1.165) is 87.5 Å². The summed E-state index contributed by atoms with van der Waals surface area (Å²) in [7, 11) is 3.38. The molecule has 3 N–H and O–H groups in total. The third kappa shape index (κ3) is 15.2. The Morgan fingerprint density at radius 3 is 0.884 bits per heavy atom. The number of thiazole rings is 3. The Morgan fingerprint density at radius 2 is 0.640 bits per heavy atom. The van der Waals surface area contributed by atoms with Crippen LogP contribution in [0.4, 0.5) is 15.4 Å². The van der Waals surface area contributed by atoms with Gasteiger partial charge in [0.2, 0.25) is 22.7 Å². The first kappa shape index (κ1) is 60.1. The first-order valence-corrected chi connectivity index (χ1v) is 28.9. The summed E-state index contributed by atoms with van der Waals surface area (Å²) in [5.74, 6) is -1.72. The van der Waals surface area contributed by atoms with Crippen molar-refractivity contribution in [1.82, 2.24) is 49.2 Å². The van der Waals surface area contributed by atoms with Crippen LogP contribution in [0.25, 0.3) is 47.7 Å². The van der Waals surface area contributed by atoms with Crippen LogP contribution in [-0.2, 0) is 4.79 Å². The van der Waals surface area contributed by atoms with Crippen LogP contribution in [0.2, 0.25) is 0 Å². The van der Waals surface area contributed by atoms with Gasteiger partial charge in [-0.3, -0.25) is 49.5 Å². The summed E-state index contributed by atoms with van der Waals surface area (Å²) in [5.41, 5.74) is 9.59. The normalized spacial score (nSPS) is 10.7. The Balaban J connectivity index is 0.000000148. The van der Waals surface area contributed by atoms with Gasteiger partial charge < -0.3 is 4.90 Å². The second kappa shape index (κ2) is 26.8. The van der Waals surface area contributed by atoms with Crippen LogP contribution in [0.5, 0.6) is 0 Å². The van der Waals surface area contributed by atoms with Crippen molar-refractivity contribution in [3.63, 3.8) is 0 Å². The molecule has 20 nitrogen and oxygen atoms in total. The molecule has 0 unspecified atom stereocenters. The van der Waals surface area contributed by atoms with E-state index in [0.29, 0.717) is 15.4 Å². The first-order valence-electron chi connectivity index (χ1n) is 26.4. The summed E-state index contributed by atoms with van der Waals surface area (Å²) in [6, 6.07) is 44.6. The van der Waals surface area contributed by atoms with Gasteiger partial charge in [-0.2, -0.15) is 15.3 Å². The zero-order valence-corrected chi connectivity index (χ0v) is 50.2. The SMILES string of the molecule is CN(C)C=O.Cc1ccc(-n2ccc(=O)c(C(=O)Nc3nc4ccc(C)cc4s3)n2)cc1.Cc1ccc(-n2ccc(=O)c(C(=O)Nc3nc4ccc(C)cc4s3)n2)cc1.Cc1ccc(-n2ccc(=O)c(C(=O)Nc3nc4ccc(C)cc4s3)n2)cc1. The smallest absolute Gasteiger partial charge is 0.281 e. The van der Waals surface area contributed by atoms with Crippen LogP contribution in [0.15, 0.2) is 179 Å². The molecule has 0 atom stereocenters. The molecule has 0 aliphatic rings. The highest BCUT2D eigenvalue weighted by Crippen LogP contribution is 2.29. The second-order valence-electron chi connectivity index (χ2n) is 19.8. The number of benzene rings is 6. The van der Waals surface area contributed by atoms with Crippen molar-refractivity contribution in [3.8, 4) is 17.1 Å². The van der Waals surface area contributed by atoms with Gasteiger partial charge in [0, 0.05) is 50.9 Å². The number of amides is 4. The quantitative estimate of drug-likeness (QED) is 0.108. The highest BCUT2D eigenvalue weighted by molar-refractivity contribution is 7.23. The largest absolute Gasteiger partial charge is 0.351 e. The van der Waals surface area contributed by atoms with Gasteiger partial charge in [-0.05, 0) is 131 Å². The molecular formula is C63H55N13O7S3. The van der Waals surface area contributed by atoms with Crippen LogP contribution < -0.4 is 32.2 Å². The number of hydrogen-bond donors (Lipinski definition) is 3. The summed E-state index contributed by atoms with van der Waals surface area (Å²) in [6.07, 6.45) is 5.39. The lowest BCUT2D eigenvalue weighted by Crippen LogP contribution is -2.25. The van der Waals surface area contributed by atoms with Gasteiger partial charge in [-0.25, -0.2) is 29.0 Å². The molecule has 0 radical (unpaired) electrons. The number of nitrogens with zero attached hydrogens (tertiary/aromatic N) is 10. The lowest BCUT2D eigenvalue weighted by molar-refractivity contribution is -0.115. The van der Waals surface area contributed by atoms with Crippen LogP contribution in [0.3, 0.4) is 0 Å². The van der Waals surface area contributed by atoms with Crippen molar-refractivity contribution >= 4 is 104 Å². The van der Waals surface area contributed by atoms with Gasteiger partial charge in [0.25, 0.3) is 17.7 Å². The van der Waals surface area contributed by atoms with E-state index < -0.39 is 34.0 Å². The molecule has 86 heavy (non-hydrogen) atoms. The number of aromatic nitrogens is 9. The van der Waals surface area contributed by atoms with Crippen LogP contribution in [0, 0.1) is 41.5 Å². The molecule has 0 aliphatic carbocycles. The summed E-state index contributed by atoms with van der Waals surface area (Å²) in [4.78, 5) is 98.3. The molecule has 0 saturated heterocycles. The van der Waals surface area contributed by atoms with E-state index in [-0.39, 0.29) is 17.1 Å². The van der Waals surface area contributed by atoms with Gasteiger partial charge in [0.1, 0.15) is 0 Å². The number of nitrogens with one attached hydrogen (secondary N) is 3. The zero-order chi connectivity index (χ0) is 61.2. The van der Waals surface area contributed by atoms with Gasteiger partial charge >= 0.3 is 0 Å². The molecule has 6 heterocycles. The monoisotopic (exact) mass is 1200 g/mol. The Bertz CT molecular complexity index is 4200. The van der Waals surface area contributed by atoms with Crippen molar-refractivity contribution in [2.75, 3.05) is 30.0 Å². The summed E-state index contributed by atoms with van der Waals surface area (Å²) < 4.78 is 7.46. The highest BCUT2D eigenvalue weighted by Gasteiger charge is 2.19. The highest BCUT2D eigenvalue weighted by atomic mass is 32.1. The predicted molar refractivity (Wildman–Crippen MR) is 340 cm³/mol. The van der Waals surface area contributed by atoms with Crippen LogP contribution in [-0.4, -0.2) is 87.4 Å². The molecular weight excluding hydrogens is 1150 g/mol. The van der Waals surface area contributed by atoms with E-state index in [4.69, 9.17) is 0 Å². The number of anilines is 3. The van der Waals surface area contributed by atoms with Gasteiger partial charge in [-0.15, -0.1) is 0 Å². The average molecular weight is 1200 g/mol. The van der Waals surface area contributed by atoms with Crippen LogP contribution in [0.1, 0.15) is 64.8 Å². The van der Waals surface area contributed by atoms with Gasteiger partial charge in [-0.1, -0.05) is 105 Å². The Labute approximate surface area is 503 Å². The van der Waals surface area contributed by atoms with Gasteiger partial charge in [0.15, 0.2) is 32.5 Å². The number of hydrogen-bond acceptors (Lipinski definition) is 16. The topological polar surface area (TPSA) is 251 Å². The second-order valence-corrected chi connectivity index (χ2v) is 22.9. The number of fused-ring (bicyclic) bond motifs is 3. The van der Waals surface area contributed by atoms with E-state index in [9.17, 15) is 33.6 Å². The maximum Gasteiger partial charge on any atom is 0.281 e. The number of carbonyl (C=O) groups excluding carboxylic acids is 4. The molecule has 4 amide bonds. The maximum atomic E-state index is 12.6. The Hall–Kier alpha value is -10.5. The minimum absolute atomic E-state index is 0.173. The molecule has 0 aliphatic heterocycles.